The Morgan fingerprint density at radius 2 is 1.87 bits per heavy atom. The van der Waals surface area contributed by atoms with Crippen LogP contribution in [-0.4, -0.2) is 69.6 Å². The fourth-order valence-corrected chi connectivity index (χ4v) is 7.55. The number of halogens is 1. The van der Waals surface area contributed by atoms with Gasteiger partial charge in [-0.25, -0.2) is 0 Å². The average molecular weight is 585 g/mol. The third-order valence-corrected chi connectivity index (χ3v) is 9.03. The van der Waals surface area contributed by atoms with Gasteiger partial charge in [-0.2, -0.15) is 0 Å². The molecule has 2 aromatic carbocycles. The fourth-order valence-electron chi connectivity index (χ4n) is 6.61. The highest BCUT2D eigenvalue weighted by Gasteiger charge is 2.77. The number of carbonyl (C=O) groups excluding carboxylic acids is 3. The SMILES string of the molecule is CCOC(=O)[C@@H]1[C@H]2O[C@@]3(CC2Br)[C@H](C(=O)Nc2c(C)cccc2C)N([C@@H](CO)Cc2ccccc2)C(=O)[C@@H]13. The van der Waals surface area contributed by atoms with E-state index in [0.717, 1.165) is 16.7 Å². The average Bonchev–Trinajstić information content (AvgIpc) is 3.49. The quantitative estimate of drug-likeness (QED) is 0.365. The summed E-state index contributed by atoms with van der Waals surface area (Å²) in [5.74, 6) is -2.96. The van der Waals surface area contributed by atoms with Gasteiger partial charge < -0.3 is 24.8 Å². The number of alkyl halides is 1. The van der Waals surface area contributed by atoms with E-state index in [1.807, 2.05) is 62.4 Å². The first-order valence-corrected chi connectivity index (χ1v) is 14.0. The minimum Gasteiger partial charge on any atom is -0.466 e. The minimum absolute atomic E-state index is 0.177. The van der Waals surface area contributed by atoms with E-state index in [0.29, 0.717) is 18.5 Å². The predicted molar refractivity (Wildman–Crippen MR) is 145 cm³/mol. The summed E-state index contributed by atoms with van der Waals surface area (Å²) >= 11 is 3.66. The van der Waals surface area contributed by atoms with Crippen LogP contribution in [0.5, 0.6) is 0 Å². The lowest BCUT2D eigenvalue weighted by Crippen LogP contribution is -2.57. The Hall–Kier alpha value is -2.75. The van der Waals surface area contributed by atoms with Crippen LogP contribution in [0, 0.1) is 25.7 Å². The first-order valence-electron chi connectivity index (χ1n) is 13.1. The van der Waals surface area contributed by atoms with Gasteiger partial charge in [0, 0.05) is 10.5 Å². The van der Waals surface area contributed by atoms with Gasteiger partial charge in [-0.3, -0.25) is 14.4 Å². The van der Waals surface area contributed by atoms with Crippen molar-refractivity contribution in [1.29, 1.82) is 0 Å². The number of aliphatic hydroxyl groups is 1. The Morgan fingerprint density at radius 1 is 1.18 bits per heavy atom. The molecular formula is C29H33BrN2O6. The predicted octanol–water partition coefficient (Wildman–Crippen LogP) is 3.16. The van der Waals surface area contributed by atoms with Crippen molar-refractivity contribution >= 4 is 39.4 Å². The van der Waals surface area contributed by atoms with Crippen molar-refractivity contribution in [2.45, 2.75) is 62.2 Å². The van der Waals surface area contributed by atoms with Crippen LogP contribution in [0.1, 0.15) is 30.0 Å². The lowest BCUT2D eigenvalue weighted by atomic mass is 9.70. The van der Waals surface area contributed by atoms with E-state index >= 15 is 0 Å². The smallest absolute Gasteiger partial charge is 0.312 e. The van der Waals surface area contributed by atoms with Crippen LogP contribution in [0.2, 0.25) is 0 Å². The highest BCUT2D eigenvalue weighted by molar-refractivity contribution is 9.09. The molecule has 0 aliphatic carbocycles. The number of fused-ring (bicyclic) bond motifs is 1. The summed E-state index contributed by atoms with van der Waals surface area (Å²) in [4.78, 5) is 42.8. The molecule has 9 heteroatoms. The molecular weight excluding hydrogens is 552 g/mol. The first kappa shape index (κ1) is 26.8. The summed E-state index contributed by atoms with van der Waals surface area (Å²) in [6, 6.07) is 13.6. The number of hydrogen-bond donors (Lipinski definition) is 2. The van der Waals surface area contributed by atoms with Gasteiger partial charge in [0.2, 0.25) is 11.8 Å². The summed E-state index contributed by atoms with van der Waals surface area (Å²) in [7, 11) is 0. The van der Waals surface area contributed by atoms with Crippen molar-refractivity contribution in [2.24, 2.45) is 11.8 Å². The maximum atomic E-state index is 14.2. The Labute approximate surface area is 230 Å². The number of hydrogen-bond acceptors (Lipinski definition) is 6. The molecule has 2 amide bonds. The van der Waals surface area contributed by atoms with E-state index in [-0.39, 0.29) is 23.9 Å². The number of likely N-dealkylation sites (tertiary alicyclic amines) is 1. The molecule has 1 spiro atoms. The van der Waals surface area contributed by atoms with Crippen molar-refractivity contribution in [2.75, 3.05) is 18.5 Å². The van der Waals surface area contributed by atoms with Crippen molar-refractivity contribution in [1.82, 2.24) is 4.90 Å². The highest BCUT2D eigenvalue weighted by atomic mass is 79.9. The zero-order valence-electron chi connectivity index (χ0n) is 21.7. The van der Waals surface area contributed by atoms with Gasteiger partial charge in [0.25, 0.3) is 0 Å². The molecule has 0 saturated carbocycles. The van der Waals surface area contributed by atoms with Crippen molar-refractivity contribution in [3.05, 3.63) is 65.2 Å². The normalized spacial score (nSPS) is 30.3. The number of carbonyl (C=O) groups is 3. The van der Waals surface area contributed by atoms with Gasteiger partial charge in [-0.15, -0.1) is 0 Å². The molecule has 3 aliphatic heterocycles. The molecule has 5 rings (SSSR count). The van der Waals surface area contributed by atoms with Gasteiger partial charge in [-0.1, -0.05) is 64.5 Å². The van der Waals surface area contributed by atoms with E-state index in [9.17, 15) is 19.5 Å². The Balaban J connectivity index is 1.58. The van der Waals surface area contributed by atoms with Gasteiger partial charge >= 0.3 is 5.97 Å². The molecule has 0 aromatic heterocycles. The summed E-state index contributed by atoms with van der Waals surface area (Å²) in [5, 5.41) is 13.6. The summed E-state index contributed by atoms with van der Waals surface area (Å²) < 4.78 is 11.9. The van der Waals surface area contributed by atoms with E-state index in [4.69, 9.17) is 9.47 Å². The lowest BCUT2D eigenvalue weighted by molar-refractivity contribution is -0.155. The topological polar surface area (TPSA) is 105 Å². The molecule has 38 heavy (non-hydrogen) atoms. The first-order chi connectivity index (χ1) is 18.2. The molecule has 3 heterocycles. The number of anilines is 1. The van der Waals surface area contributed by atoms with Gasteiger partial charge in [0.15, 0.2) is 0 Å². The summed E-state index contributed by atoms with van der Waals surface area (Å²) in [5.41, 5.74) is 2.17. The number of benzene rings is 2. The number of rotatable bonds is 8. The Bertz CT molecular complexity index is 1220. The molecule has 0 radical (unpaired) electrons. The molecule has 2 N–H and O–H groups in total. The Kier molecular flexibility index (Phi) is 7.37. The molecule has 202 valence electrons. The van der Waals surface area contributed by atoms with E-state index in [1.54, 1.807) is 6.92 Å². The van der Waals surface area contributed by atoms with Crippen molar-refractivity contribution in [3.8, 4) is 0 Å². The molecule has 2 aromatic rings. The third-order valence-electron chi connectivity index (χ3n) is 8.18. The zero-order valence-corrected chi connectivity index (χ0v) is 23.3. The second-order valence-corrected chi connectivity index (χ2v) is 11.6. The van der Waals surface area contributed by atoms with Gasteiger partial charge in [-0.05, 0) is 50.3 Å². The molecule has 3 aliphatic rings. The van der Waals surface area contributed by atoms with Crippen LogP contribution in [0.15, 0.2) is 48.5 Å². The Morgan fingerprint density at radius 3 is 2.50 bits per heavy atom. The largest absolute Gasteiger partial charge is 0.466 e. The number of esters is 1. The fraction of sp³-hybridized carbons (Fsp3) is 0.483. The van der Waals surface area contributed by atoms with Crippen LogP contribution >= 0.6 is 15.9 Å². The minimum atomic E-state index is -1.22. The number of para-hydroxylation sites is 1. The molecule has 3 fully saturated rings. The van der Waals surface area contributed by atoms with Crippen molar-refractivity contribution < 1.29 is 29.0 Å². The maximum Gasteiger partial charge on any atom is 0.312 e. The number of nitrogens with zero attached hydrogens (tertiary/aromatic N) is 1. The van der Waals surface area contributed by atoms with Gasteiger partial charge in [0.1, 0.15) is 11.6 Å². The third kappa shape index (κ3) is 4.25. The maximum absolute atomic E-state index is 14.2. The standard InChI is InChI=1S/C29H33BrN2O6/c1-4-37-28(36)21-22-27(35)32(19(15-33)13-18-11-6-5-7-12-18)25(29(22)14-20(30)24(21)38-29)26(34)31-23-16(2)9-8-10-17(23)3/h5-12,19-22,24-25,33H,4,13-15H2,1-3H3,(H,31,34)/t19-,20?,21+,22-,24+,25+,29-/m1/s1. The molecule has 3 saturated heterocycles. The zero-order chi connectivity index (χ0) is 27.2. The van der Waals surface area contributed by atoms with Crippen LogP contribution in [0.4, 0.5) is 5.69 Å². The van der Waals surface area contributed by atoms with Crippen LogP contribution < -0.4 is 5.32 Å². The van der Waals surface area contributed by atoms with E-state index in [2.05, 4.69) is 21.2 Å². The highest BCUT2D eigenvalue weighted by Crippen LogP contribution is 2.60. The molecule has 1 unspecified atom stereocenters. The summed E-state index contributed by atoms with van der Waals surface area (Å²) in [6.07, 6.45) is 0.154. The second-order valence-electron chi connectivity index (χ2n) is 10.4. The number of ether oxygens (including phenoxy) is 2. The second kappa shape index (κ2) is 10.4. The number of aliphatic hydroxyl groups excluding tert-OH is 1. The molecule has 7 atom stereocenters. The van der Waals surface area contributed by atoms with Crippen molar-refractivity contribution in [3.63, 3.8) is 0 Å². The van der Waals surface area contributed by atoms with E-state index in [1.165, 1.54) is 4.90 Å². The monoisotopic (exact) mass is 584 g/mol. The number of aryl methyl sites for hydroxylation is 2. The number of amides is 2. The number of nitrogens with one attached hydrogen (secondary N) is 1. The summed E-state index contributed by atoms with van der Waals surface area (Å²) in [6.45, 7) is 5.38. The van der Waals surface area contributed by atoms with E-state index < -0.39 is 47.5 Å². The molecule has 2 bridgehead atoms. The van der Waals surface area contributed by atoms with Crippen LogP contribution in [0.25, 0.3) is 0 Å². The van der Waals surface area contributed by atoms with Crippen LogP contribution in [0.3, 0.4) is 0 Å². The lowest BCUT2D eigenvalue weighted by Gasteiger charge is -2.37. The van der Waals surface area contributed by atoms with Crippen LogP contribution in [-0.2, 0) is 30.3 Å². The molecule has 8 nitrogen and oxygen atoms in total. The van der Waals surface area contributed by atoms with Gasteiger partial charge in [0.05, 0.1) is 37.2 Å².